The molecule has 2 aliphatic rings. The summed E-state index contributed by atoms with van der Waals surface area (Å²) in [5.74, 6) is 0. The van der Waals surface area contributed by atoms with Gasteiger partial charge < -0.3 is 25.0 Å². The minimum Gasteiger partial charge on any atom is -0.394 e. The van der Waals surface area contributed by atoms with Crippen molar-refractivity contribution in [2.24, 2.45) is 0 Å². The van der Waals surface area contributed by atoms with Gasteiger partial charge in [0.25, 0.3) is 0 Å². The van der Waals surface area contributed by atoms with Crippen LogP contribution in [0.2, 0.25) is 0 Å². The molecule has 0 radical (unpaired) electrons. The van der Waals surface area contributed by atoms with Gasteiger partial charge in [0.2, 0.25) is 0 Å². The molecule has 9 heteroatoms. The van der Waals surface area contributed by atoms with Crippen LogP contribution in [-0.4, -0.2) is 84.3 Å². The van der Waals surface area contributed by atoms with Crippen LogP contribution in [0.15, 0.2) is 12.7 Å². The molecule has 4 atom stereocenters. The summed E-state index contributed by atoms with van der Waals surface area (Å²) in [7, 11) is 0. The molecule has 2 fully saturated rings. The second kappa shape index (κ2) is 7.53. The van der Waals surface area contributed by atoms with E-state index in [0.717, 1.165) is 31.7 Å². The van der Waals surface area contributed by atoms with Gasteiger partial charge in [0.05, 0.1) is 18.6 Å². The number of piperidine rings is 1. The third kappa shape index (κ3) is 3.21. The molecule has 4 heterocycles. The lowest BCUT2D eigenvalue weighted by Crippen LogP contribution is -2.33. The van der Waals surface area contributed by atoms with Crippen LogP contribution in [-0.2, 0) is 11.2 Å². The Kier molecular flexibility index (Phi) is 5.14. The van der Waals surface area contributed by atoms with Crippen molar-refractivity contribution in [1.29, 1.82) is 0 Å². The van der Waals surface area contributed by atoms with E-state index >= 15 is 0 Å². The third-order valence-electron chi connectivity index (χ3n) is 5.34. The Balaban J connectivity index is 1.55. The maximum Gasteiger partial charge on any atom is 0.165 e. The largest absolute Gasteiger partial charge is 0.394 e. The summed E-state index contributed by atoms with van der Waals surface area (Å²) in [6.45, 7) is 2.83. The average Bonchev–Trinajstić information content (AvgIpc) is 3.23. The molecule has 0 amide bonds. The predicted octanol–water partition coefficient (Wildman–Crippen LogP) is -0.534. The molecule has 142 valence electrons. The van der Waals surface area contributed by atoms with Crippen LogP contribution in [0.25, 0.3) is 11.2 Å². The Morgan fingerprint density at radius 1 is 1.08 bits per heavy atom. The minimum absolute atomic E-state index is 0.364. The first-order chi connectivity index (χ1) is 12.7. The zero-order valence-electron chi connectivity index (χ0n) is 14.6. The van der Waals surface area contributed by atoms with Gasteiger partial charge >= 0.3 is 0 Å². The first kappa shape index (κ1) is 17.7. The lowest BCUT2D eigenvalue weighted by Gasteiger charge is -2.26. The van der Waals surface area contributed by atoms with Gasteiger partial charge in [-0.15, -0.1) is 0 Å². The van der Waals surface area contributed by atoms with Crippen LogP contribution < -0.4 is 0 Å². The topological polar surface area (TPSA) is 117 Å². The molecule has 2 saturated heterocycles. The van der Waals surface area contributed by atoms with Crippen molar-refractivity contribution in [3.8, 4) is 0 Å². The van der Waals surface area contributed by atoms with Gasteiger partial charge in [-0.3, -0.25) is 4.57 Å². The molecule has 0 aromatic carbocycles. The summed E-state index contributed by atoms with van der Waals surface area (Å²) in [6, 6.07) is 0. The van der Waals surface area contributed by atoms with Crippen molar-refractivity contribution in [1.82, 2.24) is 24.4 Å². The number of aliphatic hydroxyl groups excluding tert-OH is 3. The number of ether oxygens (including phenoxy) is 1. The maximum absolute atomic E-state index is 10.2. The summed E-state index contributed by atoms with van der Waals surface area (Å²) in [5.41, 5.74) is 2.11. The molecule has 0 saturated carbocycles. The summed E-state index contributed by atoms with van der Waals surface area (Å²) in [5, 5.41) is 29.5. The van der Waals surface area contributed by atoms with Crippen molar-refractivity contribution in [3.63, 3.8) is 0 Å². The SMILES string of the molecule is OC[C@H]1O[C@@H](n2cnc3c(CCN4CCCCC4)ncnc32)[C@H](O)[C@@H]1O. The highest BCUT2D eigenvalue weighted by atomic mass is 16.6. The Labute approximate surface area is 151 Å². The number of aromatic nitrogens is 4. The molecule has 2 aromatic rings. The number of imidazole rings is 1. The second-order valence-electron chi connectivity index (χ2n) is 7.03. The number of likely N-dealkylation sites (tertiary alicyclic amines) is 1. The van der Waals surface area contributed by atoms with E-state index in [1.165, 1.54) is 25.6 Å². The van der Waals surface area contributed by atoms with E-state index in [2.05, 4.69) is 19.9 Å². The molecule has 2 aromatic heterocycles. The smallest absolute Gasteiger partial charge is 0.165 e. The zero-order chi connectivity index (χ0) is 18.1. The van der Waals surface area contributed by atoms with Crippen LogP contribution in [0.4, 0.5) is 0 Å². The van der Waals surface area contributed by atoms with Crippen LogP contribution in [0.1, 0.15) is 31.2 Å². The first-order valence-electron chi connectivity index (χ1n) is 9.20. The predicted molar refractivity (Wildman–Crippen MR) is 92.3 cm³/mol. The third-order valence-corrected chi connectivity index (χ3v) is 5.34. The molecule has 9 nitrogen and oxygen atoms in total. The van der Waals surface area contributed by atoms with Crippen molar-refractivity contribution >= 4 is 11.2 Å². The quantitative estimate of drug-likeness (QED) is 0.649. The first-order valence-corrected chi connectivity index (χ1v) is 9.20. The van der Waals surface area contributed by atoms with Crippen molar-refractivity contribution in [2.45, 2.75) is 50.2 Å². The fourth-order valence-electron chi connectivity index (χ4n) is 3.83. The van der Waals surface area contributed by atoms with Gasteiger partial charge in [0, 0.05) is 13.0 Å². The highest BCUT2D eigenvalue weighted by molar-refractivity contribution is 5.73. The summed E-state index contributed by atoms with van der Waals surface area (Å²) in [6.07, 6.45) is 3.66. The van der Waals surface area contributed by atoms with Gasteiger partial charge in [-0.05, 0) is 25.9 Å². The van der Waals surface area contributed by atoms with E-state index in [-0.39, 0.29) is 6.61 Å². The monoisotopic (exact) mass is 363 g/mol. The van der Waals surface area contributed by atoms with E-state index in [9.17, 15) is 15.3 Å². The van der Waals surface area contributed by atoms with Crippen molar-refractivity contribution in [3.05, 3.63) is 18.3 Å². The zero-order valence-corrected chi connectivity index (χ0v) is 14.6. The normalized spacial score (nSPS) is 30.3. The molecule has 0 spiro atoms. The maximum atomic E-state index is 10.2. The van der Waals surface area contributed by atoms with E-state index in [1.54, 1.807) is 10.9 Å². The summed E-state index contributed by atoms with van der Waals surface area (Å²) in [4.78, 5) is 15.5. The van der Waals surface area contributed by atoms with E-state index in [4.69, 9.17) is 4.74 Å². The molecule has 2 aliphatic heterocycles. The standard InChI is InChI=1S/C17H25N5O4/c23-8-12-14(24)15(25)17(26-12)22-10-20-13-11(18-9-19-16(13)22)4-7-21-5-2-1-3-6-21/h9-10,12,14-15,17,23-25H,1-8H2/t12-,14-,15-,17-/m1/s1. The number of aliphatic hydroxyl groups is 3. The fraction of sp³-hybridized carbons (Fsp3) is 0.706. The minimum atomic E-state index is -1.16. The van der Waals surface area contributed by atoms with Crippen LogP contribution in [0.3, 0.4) is 0 Å². The summed E-state index contributed by atoms with van der Waals surface area (Å²) >= 11 is 0. The Bertz CT molecular complexity index is 748. The Morgan fingerprint density at radius 2 is 1.88 bits per heavy atom. The van der Waals surface area contributed by atoms with Gasteiger partial charge in [-0.25, -0.2) is 15.0 Å². The molecule has 26 heavy (non-hydrogen) atoms. The highest BCUT2D eigenvalue weighted by Gasteiger charge is 2.44. The fourth-order valence-corrected chi connectivity index (χ4v) is 3.83. The molecule has 4 rings (SSSR count). The van der Waals surface area contributed by atoms with Crippen molar-refractivity contribution < 1.29 is 20.1 Å². The second-order valence-corrected chi connectivity index (χ2v) is 7.03. The van der Waals surface area contributed by atoms with Crippen LogP contribution >= 0.6 is 0 Å². The molecule has 0 unspecified atom stereocenters. The highest BCUT2D eigenvalue weighted by Crippen LogP contribution is 2.31. The summed E-state index contributed by atoms with van der Waals surface area (Å²) < 4.78 is 7.19. The van der Waals surface area contributed by atoms with Gasteiger partial charge in [-0.2, -0.15) is 0 Å². The molecule has 0 aliphatic carbocycles. The Morgan fingerprint density at radius 3 is 2.62 bits per heavy atom. The molecule has 3 N–H and O–H groups in total. The lowest BCUT2D eigenvalue weighted by atomic mass is 10.1. The van der Waals surface area contributed by atoms with Crippen molar-refractivity contribution in [2.75, 3.05) is 26.2 Å². The van der Waals surface area contributed by atoms with Gasteiger partial charge in [-0.1, -0.05) is 6.42 Å². The number of hydrogen-bond donors (Lipinski definition) is 3. The van der Waals surface area contributed by atoms with Gasteiger partial charge in [0.1, 0.15) is 30.2 Å². The lowest BCUT2D eigenvalue weighted by molar-refractivity contribution is -0.0511. The molecule has 0 bridgehead atoms. The number of fused-ring (bicyclic) bond motifs is 1. The molecular weight excluding hydrogens is 338 g/mol. The van der Waals surface area contributed by atoms with Crippen LogP contribution in [0.5, 0.6) is 0 Å². The molecular formula is C17H25N5O4. The number of hydrogen-bond acceptors (Lipinski definition) is 8. The number of rotatable bonds is 5. The van der Waals surface area contributed by atoms with Crippen LogP contribution in [0, 0.1) is 0 Å². The van der Waals surface area contributed by atoms with E-state index in [1.807, 2.05) is 0 Å². The van der Waals surface area contributed by atoms with Gasteiger partial charge in [0.15, 0.2) is 11.9 Å². The Hall–Kier alpha value is -1.65. The van der Waals surface area contributed by atoms with E-state index < -0.39 is 24.5 Å². The van der Waals surface area contributed by atoms with E-state index in [0.29, 0.717) is 11.2 Å². The average molecular weight is 363 g/mol. The number of nitrogens with zero attached hydrogens (tertiary/aromatic N) is 5.